The van der Waals surface area contributed by atoms with E-state index in [4.69, 9.17) is 16.6 Å². The minimum atomic E-state index is 0.543. The molecule has 0 N–H and O–H groups in total. The molecule has 0 saturated heterocycles. The quantitative estimate of drug-likeness (QED) is 0.360. The highest BCUT2D eigenvalue weighted by molar-refractivity contribution is 6.30. The average Bonchev–Trinajstić information content (AvgIpc) is 3.05. The van der Waals surface area contributed by atoms with E-state index >= 15 is 0 Å². The van der Waals surface area contributed by atoms with Gasteiger partial charge in [0, 0.05) is 11.6 Å². The van der Waals surface area contributed by atoms with Crippen LogP contribution in [0.5, 0.6) is 0 Å². The summed E-state index contributed by atoms with van der Waals surface area (Å²) in [5.74, 6) is 1.49. The van der Waals surface area contributed by atoms with Gasteiger partial charge < -0.3 is 4.57 Å². The molecular weight excluding hydrogens is 364 g/mol. The minimum Gasteiger partial charge on any atom is -0.320 e. The van der Waals surface area contributed by atoms with Gasteiger partial charge in [-0.05, 0) is 52.9 Å². The highest BCUT2D eigenvalue weighted by Crippen LogP contribution is 2.21. The summed E-state index contributed by atoms with van der Waals surface area (Å²) in [5, 5.41) is 0.745. The van der Waals surface area contributed by atoms with E-state index in [1.54, 1.807) is 0 Å². The number of aromatic nitrogens is 2. The number of halogens is 1. The molecule has 0 aliphatic carbocycles. The van der Waals surface area contributed by atoms with Crippen molar-refractivity contribution in [1.82, 2.24) is 9.55 Å². The molecule has 0 unspecified atom stereocenters. The van der Waals surface area contributed by atoms with Crippen molar-refractivity contribution in [3.8, 4) is 0 Å². The Morgan fingerprint density at radius 1 is 0.893 bits per heavy atom. The van der Waals surface area contributed by atoms with Crippen LogP contribution in [0.3, 0.4) is 0 Å². The van der Waals surface area contributed by atoms with Crippen LogP contribution in [0.1, 0.15) is 42.3 Å². The fourth-order valence-electron chi connectivity index (χ4n) is 3.32. The van der Waals surface area contributed by atoms with Crippen LogP contribution in [-0.4, -0.2) is 9.55 Å². The van der Waals surface area contributed by atoms with Crippen molar-refractivity contribution >= 4 is 34.8 Å². The zero-order valence-corrected chi connectivity index (χ0v) is 16.9. The second-order valence-corrected chi connectivity index (χ2v) is 7.76. The maximum atomic E-state index is 5.99. The SMILES string of the molecule is CC(C)c1ccc(Cn2c(C=Cc3ccc(Cl)cc3)nc3ccccc32)cc1. The van der Waals surface area contributed by atoms with Crippen LogP contribution >= 0.6 is 11.6 Å². The number of imidazole rings is 1. The van der Waals surface area contributed by atoms with E-state index in [1.807, 2.05) is 30.3 Å². The van der Waals surface area contributed by atoms with Crippen molar-refractivity contribution < 1.29 is 0 Å². The summed E-state index contributed by atoms with van der Waals surface area (Å²) in [6.45, 7) is 5.23. The lowest BCUT2D eigenvalue weighted by molar-refractivity contribution is 0.809. The predicted octanol–water partition coefficient (Wildman–Crippen LogP) is 7.03. The van der Waals surface area contributed by atoms with Gasteiger partial charge in [0.05, 0.1) is 11.0 Å². The first kappa shape index (κ1) is 18.5. The Morgan fingerprint density at radius 3 is 2.32 bits per heavy atom. The second-order valence-electron chi connectivity index (χ2n) is 7.33. The monoisotopic (exact) mass is 386 g/mol. The number of hydrogen-bond acceptors (Lipinski definition) is 1. The summed E-state index contributed by atoms with van der Waals surface area (Å²) in [6, 6.07) is 25.0. The van der Waals surface area contributed by atoms with Gasteiger partial charge in [-0.15, -0.1) is 0 Å². The van der Waals surface area contributed by atoms with Crippen LogP contribution in [0.15, 0.2) is 72.8 Å². The Balaban J connectivity index is 1.69. The van der Waals surface area contributed by atoms with Crippen LogP contribution in [0.4, 0.5) is 0 Å². The summed E-state index contributed by atoms with van der Waals surface area (Å²) in [5.41, 5.74) is 5.89. The van der Waals surface area contributed by atoms with E-state index in [9.17, 15) is 0 Å². The molecule has 3 aromatic carbocycles. The van der Waals surface area contributed by atoms with Crippen molar-refractivity contribution in [2.24, 2.45) is 0 Å². The summed E-state index contributed by atoms with van der Waals surface area (Å²) in [6.07, 6.45) is 4.15. The van der Waals surface area contributed by atoms with Crippen LogP contribution in [0, 0.1) is 0 Å². The van der Waals surface area contributed by atoms with Crippen molar-refractivity contribution in [3.05, 3.63) is 100 Å². The molecule has 2 nitrogen and oxygen atoms in total. The number of hydrogen-bond donors (Lipinski definition) is 0. The maximum absolute atomic E-state index is 5.99. The first-order chi connectivity index (χ1) is 13.6. The van der Waals surface area contributed by atoms with Crippen LogP contribution in [-0.2, 0) is 6.54 Å². The summed E-state index contributed by atoms with van der Waals surface area (Å²) in [4.78, 5) is 4.84. The number of fused-ring (bicyclic) bond motifs is 1. The van der Waals surface area contributed by atoms with E-state index in [2.05, 4.69) is 73.0 Å². The van der Waals surface area contributed by atoms with Gasteiger partial charge in [-0.2, -0.15) is 0 Å². The van der Waals surface area contributed by atoms with Gasteiger partial charge in [-0.1, -0.05) is 80.1 Å². The standard InChI is InChI=1S/C25H23ClN2/c1-18(2)21-12-7-20(8-13-21)17-28-24-6-4-3-5-23(24)27-25(28)16-11-19-9-14-22(26)15-10-19/h3-16,18H,17H2,1-2H3. The minimum absolute atomic E-state index is 0.543. The molecule has 0 saturated carbocycles. The van der Waals surface area contributed by atoms with Gasteiger partial charge in [-0.3, -0.25) is 0 Å². The third-order valence-electron chi connectivity index (χ3n) is 4.97. The van der Waals surface area contributed by atoms with Crippen LogP contribution in [0.25, 0.3) is 23.2 Å². The third kappa shape index (κ3) is 4.02. The molecule has 4 aromatic rings. The van der Waals surface area contributed by atoms with Gasteiger partial charge in [-0.25, -0.2) is 4.98 Å². The van der Waals surface area contributed by atoms with Gasteiger partial charge >= 0.3 is 0 Å². The highest BCUT2D eigenvalue weighted by atomic mass is 35.5. The average molecular weight is 387 g/mol. The molecule has 0 radical (unpaired) electrons. The largest absolute Gasteiger partial charge is 0.320 e. The van der Waals surface area contributed by atoms with Gasteiger partial charge in [0.1, 0.15) is 5.82 Å². The van der Waals surface area contributed by atoms with Crippen molar-refractivity contribution in [1.29, 1.82) is 0 Å². The lowest BCUT2D eigenvalue weighted by atomic mass is 10.0. The number of para-hydroxylation sites is 2. The Hall–Kier alpha value is -2.84. The molecule has 140 valence electrons. The second kappa shape index (κ2) is 8.04. The van der Waals surface area contributed by atoms with Gasteiger partial charge in [0.25, 0.3) is 0 Å². The molecule has 0 bridgehead atoms. The Bertz CT molecular complexity index is 1100. The molecule has 0 amide bonds. The highest BCUT2D eigenvalue weighted by Gasteiger charge is 2.09. The third-order valence-corrected chi connectivity index (χ3v) is 5.22. The maximum Gasteiger partial charge on any atom is 0.134 e. The molecule has 28 heavy (non-hydrogen) atoms. The number of rotatable bonds is 5. The number of benzene rings is 3. The lowest BCUT2D eigenvalue weighted by Crippen LogP contribution is -2.02. The van der Waals surface area contributed by atoms with E-state index in [0.29, 0.717) is 5.92 Å². The fraction of sp³-hybridized carbons (Fsp3) is 0.160. The van der Waals surface area contributed by atoms with Gasteiger partial charge in [0.15, 0.2) is 0 Å². The predicted molar refractivity (Wildman–Crippen MR) is 120 cm³/mol. The summed E-state index contributed by atoms with van der Waals surface area (Å²) >= 11 is 5.99. The normalized spacial score (nSPS) is 11.7. The molecule has 1 heterocycles. The van der Waals surface area contributed by atoms with Crippen molar-refractivity contribution in [3.63, 3.8) is 0 Å². The molecule has 0 atom stereocenters. The van der Waals surface area contributed by atoms with E-state index in [1.165, 1.54) is 11.1 Å². The zero-order valence-electron chi connectivity index (χ0n) is 16.1. The molecular formula is C25H23ClN2. The van der Waals surface area contributed by atoms with Crippen LogP contribution < -0.4 is 0 Å². The molecule has 1 aromatic heterocycles. The molecule has 0 spiro atoms. The van der Waals surface area contributed by atoms with E-state index < -0.39 is 0 Å². The van der Waals surface area contributed by atoms with Crippen molar-refractivity contribution in [2.75, 3.05) is 0 Å². The van der Waals surface area contributed by atoms with Crippen LogP contribution in [0.2, 0.25) is 5.02 Å². The molecule has 0 aliphatic rings. The van der Waals surface area contributed by atoms with Crippen molar-refractivity contribution in [2.45, 2.75) is 26.3 Å². The van der Waals surface area contributed by atoms with Gasteiger partial charge in [0.2, 0.25) is 0 Å². The number of nitrogens with zero attached hydrogens (tertiary/aromatic N) is 2. The van der Waals surface area contributed by atoms with E-state index in [-0.39, 0.29) is 0 Å². The Kier molecular flexibility index (Phi) is 5.31. The Morgan fingerprint density at radius 2 is 1.61 bits per heavy atom. The topological polar surface area (TPSA) is 17.8 Å². The fourth-order valence-corrected chi connectivity index (χ4v) is 3.45. The summed E-state index contributed by atoms with van der Waals surface area (Å²) < 4.78 is 2.27. The first-order valence-corrected chi connectivity index (χ1v) is 9.96. The smallest absolute Gasteiger partial charge is 0.134 e. The molecule has 0 fully saturated rings. The van der Waals surface area contributed by atoms with E-state index in [0.717, 1.165) is 34.0 Å². The molecule has 3 heteroatoms. The molecule has 4 rings (SSSR count). The molecule has 0 aliphatic heterocycles. The lowest BCUT2D eigenvalue weighted by Gasteiger charge is -2.10. The zero-order chi connectivity index (χ0) is 19.5. The first-order valence-electron chi connectivity index (χ1n) is 9.58. The Labute approximate surface area is 171 Å². The summed E-state index contributed by atoms with van der Waals surface area (Å²) in [7, 11) is 0.